The normalized spacial score (nSPS) is 17.2. The molecule has 1 saturated heterocycles. The molecule has 0 aliphatic carbocycles. The second-order valence-corrected chi connectivity index (χ2v) is 7.12. The van der Waals surface area contributed by atoms with Crippen molar-refractivity contribution in [3.05, 3.63) is 29.5 Å². The van der Waals surface area contributed by atoms with E-state index in [0.29, 0.717) is 18.8 Å². The third-order valence-electron chi connectivity index (χ3n) is 5.14. The molecule has 2 aromatic heterocycles. The minimum absolute atomic E-state index is 0.00515. The third-order valence-corrected chi connectivity index (χ3v) is 5.14. The van der Waals surface area contributed by atoms with Crippen LogP contribution in [0.25, 0.3) is 0 Å². The molecule has 138 valence electrons. The van der Waals surface area contributed by atoms with Crippen molar-refractivity contribution in [2.75, 3.05) is 50.1 Å². The first-order valence-electron chi connectivity index (χ1n) is 9.23. The van der Waals surface area contributed by atoms with Gasteiger partial charge in [0.1, 0.15) is 11.5 Å². The number of fused-ring (bicyclic) bond motifs is 1. The minimum atomic E-state index is -0.00515. The lowest BCUT2D eigenvalue weighted by Gasteiger charge is -2.22. The molecule has 2 aromatic rings. The summed E-state index contributed by atoms with van der Waals surface area (Å²) in [6, 6.07) is 0. The fourth-order valence-corrected chi connectivity index (χ4v) is 3.74. The number of hydrogen-bond donors (Lipinski definition) is 1. The highest BCUT2D eigenvalue weighted by Crippen LogP contribution is 2.27. The van der Waals surface area contributed by atoms with Crippen molar-refractivity contribution in [1.82, 2.24) is 24.8 Å². The van der Waals surface area contributed by atoms with E-state index in [1.54, 1.807) is 6.20 Å². The Morgan fingerprint density at radius 3 is 2.58 bits per heavy atom. The molecule has 0 unspecified atom stereocenters. The predicted octanol–water partition coefficient (Wildman–Crippen LogP) is 1.11. The average molecular weight is 355 g/mol. The smallest absolute Gasteiger partial charge is 0.271 e. The number of rotatable bonds is 3. The molecule has 0 bridgehead atoms. The van der Waals surface area contributed by atoms with Crippen LogP contribution in [0.1, 0.15) is 34.6 Å². The van der Waals surface area contributed by atoms with Gasteiger partial charge in [-0.05, 0) is 19.3 Å². The van der Waals surface area contributed by atoms with E-state index < -0.39 is 0 Å². The van der Waals surface area contributed by atoms with Crippen LogP contribution in [0, 0.1) is 0 Å². The highest BCUT2D eigenvalue weighted by atomic mass is 16.2. The molecule has 0 atom stereocenters. The quantitative estimate of drug-likeness (QED) is 0.888. The highest BCUT2D eigenvalue weighted by molar-refractivity contribution is 5.92. The summed E-state index contributed by atoms with van der Waals surface area (Å²) < 4.78 is 0. The molecule has 1 N–H and O–H groups in total. The maximum Gasteiger partial charge on any atom is 0.271 e. The zero-order valence-electron chi connectivity index (χ0n) is 15.4. The Bertz CT molecular complexity index is 781. The first kappa shape index (κ1) is 16.8. The fourth-order valence-electron chi connectivity index (χ4n) is 3.74. The molecule has 2 aliphatic heterocycles. The van der Waals surface area contributed by atoms with E-state index >= 15 is 0 Å². The van der Waals surface area contributed by atoms with Gasteiger partial charge in [-0.1, -0.05) is 0 Å². The summed E-state index contributed by atoms with van der Waals surface area (Å²) in [4.78, 5) is 35.5. The number of H-pyrrole nitrogens is 1. The number of aromatic nitrogens is 4. The topological polar surface area (TPSA) is 81.2 Å². The maximum atomic E-state index is 12.7. The lowest BCUT2D eigenvalue weighted by molar-refractivity contribution is 0.0757. The standard InChI is InChI=1S/C18H25N7O/c1-23(2)16-13-5-9-24(17(26)15-11-19-12-20-15)10-6-14(13)21-18(22-16)25-7-3-4-8-25/h11-12H,3-10H2,1-2H3,(H,19,20). The molecule has 0 saturated carbocycles. The minimum Gasteiger partial charge on any atom is -0.362 e. The van der Waals surface area contributed by atoms with Crippen molar-refractivity contribution < 1.29 is 4.79 Å². The second kappa shape index (κ2) is 6.93. The number of nitrogens with one attached hydrogen (secondary N) is 1. The van der Waals surface area contributed by atoms with E-state index in [9.17, 15) is 4.79 Å². The number of hydrogen-bond acceptors (Lipinski definition) is 6. The fraction of sp³-hybridized carbons (Fsp3) is 0.556. The lowest BCUT2D eigenvalue weighted by atomic mass is 10.1. The monoisotopic (exact) mass is 355 g/mol. The summed E-state index contributed by atoms with van der Waals surface area (Å²) >= 11 is 0. The van der Waals surface area contributed by atoms with Crippen molar-refractivity contribution in [3.8, 4) is 0 Å². The molecule has 8 heteroatoms. The molecule has 2 aliphatic rings. The van der Waals surface area contributed by atoms with Gasteiger partial charge in [0, 0.05) is 52.3 Å². The van der Waals surface area contributed by atoms with Gasteiger partial charge in [0.15, 0.2) is 0 Å². The Balaban J connectivity index is 1.62. The van der Waals surface area contributed by atoms with Crippen LogP contribution in [-0.4, -0.2) is 71.0 Å². The first-order chi connectivity index (χ1) is 12.6. The summed E-state index contributed by atoms with van der Waals surface area (Å²) in [5.41, 5.74) is 2.77. The number of carbonyl (C=O) groups excluding carboxylic acids is 1. The van der Waals surface area contributed by atoms with Crippen LogP contribution >= 0.6 is 0 Å². The van der Waals surface area contributed by atoms with E-state index in [-0.39, 0.29) is 5.91 Å². The van der Waals surface area contributed by atoms with Gasteiger partial charge in [0.2, 0.25) is 5.95 Å². The molecule has 0 aromatic carbocycles. The van der Waals surface area contributed by atoms with Gasteiger partial charge in [-0.2, -0.15) is 4.98 Å². The Morgan fingerprint density at radius 1 is 1.12 bits per heavy atom. The van der Waals surface area contributed by atoms with Crippen LogP contribution in [0.3, 0.4) is 0 Å². The number of aromatic amines is 1. The Kier molecular flexibility index (Phi) is 4.48. The third kappa shape index (κ3) is 3.11. The zero-order chi connectivity index (χ0) is 18.1. The van der Waals surface area contributed by atoms with Gasteiger partial charge in [-0.3, -0.25) is 4.79 Å². The van der Waals surface area contributed by atoms with E-state index in [2.05, 4.69) is 19.8 Å². The van der Waals surface area contributed by atoms with Crippen LogP contribution in [-0.2, 0) is 12.8 Å². The van der Waals surface area contributed by atoms with Crippen LogP contribution in [0.15, 0.2) is 12.5 Å². The van der Waals surface area contributed by atoms with Crippen molar-refractivity contribution in [2.24, 2.45) is 0 Å². The van der Waals surface area contributed by atoms with Crippen molar-refractivity contribution in [2.45, 2.75) is 25.7 Å². The Hall–Kier alpha value is -2.64. The molecule has 8 nitrogen and oxygen atoms in total. The number of anilines is 2. The van der Waals surface area contributed by atoms with Gasteiger partial charge < -0.3 is 19.7 Å². The molecule has 4 rings (SSSR count). The molecule has 1 amide bonds. The van der Waals surface area contributed by atoms with E-state index in [1.165, 1.54) is 19.2 Å². The van der Waals surface area contributed by atoms with Crippen molar-refractivity contribution >= 4 is 17.7 Å². The van der Waals surface area contributed by atoms with Crippen LogP contribution in [0.2, 0.25) is 0 Å². The molecule has 4 heterocycles. The van der Waals surface area contributed by atoms with E-state index in [4.69, 9.17) is 9.97 Å². The summed E-state index contributed by atoms with van der Waals surface area (Å²) in [6.45, 7) is 3.37. The van der Waals surface area contributed by atoms with Gasteiger partial charge in [0.25, 0.3) is 5.91 Å². The predicted molar refractivity (Wildman–Crippen MR) is 99.7 cm³/mol. The number of imidazole rings is 1. The SMILES string of the molecule is CN(C)c1nc(N2CCCC2)nc2c1CCN(C(=O)c1cnc[nH]1)CC2. The molecule has 0 radical (unpaired) electrons. The van der Waals surface area contributed by atoms with Gasteiger partial charge in [-0.25, -0.2) is 9.97 Å². The van der Waals surface area contributed by atoms with Crippen LogP contribution in [0.5, 0.6) is 0 Å². The van der Waals surface area contributed by atoms with Crippen molar-refractivity contribution in [3.63, 3.8) is 0 Å². The average Bonchev–Trinajstić information content (AvgIpc) is 3.31. The van der Waals surface area contributed by atoms with Gasteiger partial charge in [0.05, 0.1) is 18.2 Å². The maximum absolute atomic E-state index is 12.7. The summed E-state index contributed by atoms with van der Waals surface area (Å²) in [5.74, 6) is 1.81. The lowest BCUT2D eigenvalue weighted by Crippen LogP contribution is -2.33. The van der Waals surface area contributed by atoms with Crippen LogP contribution < -0.4 is 9.80 Å². The largest absolute Gasteiger partial charge is 0.362 e. The van der Waals surface area contributed by atoms with E-state index in [0.717, 1.165) is 49.0 Å². The number of nitrogens with zero attached hydrogens (tertiary/aromatic N) is 6. The van der Waals surface area contributed by atoms with Gasteiger partial charge in [-0.15, -0.1) is 0 Å². The number of amides is 1. The highest BCUT2D eigenvalue weighted by Gasteiger charge is 2.26. The van der Waals surface area contributed by atoms with E-state index in [1.807, 2.05) is 19.0 Å². The molecule has 1 fully saturated rings. The molecular formula is C18H25N7O. The molecule has 26 heavy (non-hydrogen) atoms. The second-order valence-electron chi connectivity index (χ2n) is 7.12. The van der Waals surface area contributed by atoms with Crippen LogP contribution in [0.4, 0.5) is 11.8 Å². The summed E-state index contributed by atoms with van der Waals surface area (Å²) in [5, 5.41) is 0. The van der Waals surface area contributed by atoms with Crippen molar-refractivity contribution in [1.29, 1.82) is 0 Å². The first-order valence-corrected chi connectivity index (χ1v) is 9.23. The van der Waals surface area contributed by atoms with Gasteiger partial charge >= 0.3 is 0 Å². The molecular weight excluding hydrogens is 330 g/mol. The zero-order valence-corrected chi connectivity index (χ0v) is 15.4. The Labute approximate surface area is 153 Å². The summed E-state index contributed by atoms with van der Waals surface area (Å²) in [6.07, 6.45) is 7.03. The number of carbonyl (C=O) groups is 1. The Morgan fingerprint density at radius 2 is 1.88 bits per heavy atom. The summed E-state index contributed by atoms with van der Waals surface area (Å²) in [7, 11) is 4.05. The molecule has 0 spiro atoms.